The van der Waals surface area contributed by atoms with Gasteiger partial charge in [0.25, 0.3) is 5.91 Å². The first-order valence-electron chi connectivity index (χ1n) is 6.50. The largest absolute Gasteiger partial charge is 0.321 e. The second kappa shape index (κ2) is 6.11. The summed E-state index contributed by atoms with van der Waals surface area (Å²) in [4.78, 5) is 12.2. The number of aromatic nitrogens is 2. The molecule has 1 amide bonds. The predicted molar refractivity (Wildman–Crippen MR) is 85.6 cm³/mol. The molecule has 3 aromatic rings. The van der Waals surface area contributed by atoms with E-state index in [1.165, 1.54) is 16.8 Å². The number of halogens is 2. The molecule has 0 unspecified atom stereocenters. The van der Waals surface area contributed by atoms with Gasteiger partial charge in [-0.2, -0.15) is 5.10 Å². The smallest absolute Gasteiger partial charge is 0.276 e. The van der Waals surface area contributed by atoms with Crippen LogP contribution in [0.2, 0.25) is 0 Å². The van der Waals surface area contributed by atoms with Crippen LogP contribution in [0.25, 0.3) is 5.69 Å². The van der Waals surface area contributed by atoms with Crippen LogP contribution in [0.3, 0.4) is 0 Å². The number of hydrogen-bond acceptors (Lipinski definition) is 2. The van der Waals surface area contributed by atoms with Crippen LogP contribution in [0, 0.1) is 5.82 Å². The lowest BCUT2D eigenvalue weighted by molar-refractivity contribution is 0.102. The van der Waals surface area contributed by atoms with Crippen molar-refractivity contribution in [2.75, 3.05) is 5.32 Å². The first-order valence-corrected chi connectivity index (χ1v) is 7.30. The number of amides is 1. The maximum atomic E-state index is 13.2. The summed E-state index contributed by atoms with van der Waals surface area (Å²) in [6.45, 7) is 0. The minimum Gasteiger partial charge on any atom is -0.321 e. The third-order valence-corrected chi connectivity index (χ3v) is 3.47. The highest BCUT2D eigenvalue weighted by Gasteiger charge is 2.11. The summed E-state index contributed by atoms with van der Waals surface area (Å²) in [5.41, 5.74) is 1.48. The Labute approximate surface area is 134 Å². The van der Waals surface area contributed by atoms with Gasteiger partial charge in [-0.05, 0) is 42.5 Å². The number of benzene rings is 2. The number of carbonyl (C=O) groups is 1. The molecule has 0 aliphatic heterocycles. The number of hydrogen-bond donors (Lipinski definition) is 1. The molecule has 2 aromatic carbocycles. The van der Waals surface area contributed by atoms with Crippen LogP contribution in [-0.4, -0.2) is 15.7 Å². The van der Waals surface area contributed by atoms with Gasteiger partial charge >= 0.3 is 0 Å². The van der Waals surface area contributed by atoms with Crippen molar-refractivity contribution in [1.82, 2.24) is 9.78 Å². The van der Waals surface area contributed by atoms with Crippen LogP contribution in [0.1, 0.15) is 10.5 Å². The first kappa shape index (κ1) is 14.5. The molecule has 1 aromatic heterocycles. The van der Waals surface area contributed by atoms with Gasteiger partial charge < -0.3 is 5.32 Å². The quantitative estimate of drug-likeness (QED) is 0.767. The van der Waals surface area contributed by atoms with Gasteiger partial charge in [0.2, 0.25) is 0 Å². The highest BCUT2D eigenvalue weighted by Crippen LogP contribution is 2.16. The number of nitrogens with zero attached hydrogens (tertiary/aromatic N) is 2. The van der Waals surface area contributed by atoms with Crippen LogP contribution in [0.5, 0.6) is 0 Å². The summed E-state index contributed by atoms with van der Waals surface area (Å²) in [5, 5.41) is 6.92. The molecule has 0 radical (unpaired) electrons. The molecular weight excluding hydrogens is 349 g/mol. The average Bonchev–Trinajstić information content (AvgIpc) is 2.97. The van der Waals surface area contributed by atoms with Gasteiger partial charge in [-0.15, -0.1) is 0 Å². The van der Waals surface area contributed by atoms with E-state index in [1.807, 2.05) is 12.1 Å². The summed E-state index contributed by atoms with van der Waals surface area (Å²) < 4.78 is 15.5. The molecule has 6 heteroatoms. The molecule has 0 saturated heterocycles. The van der Waals surface area contributed by atoms with E-state index < -0.39 is 0 Å². The monoisotopic (exact) mass is 359 g/mol. The Morgan fingerprint density at radius 1 is 1.14 bits per heavy atom. The van der Waals surface area contributed by atoms with Crippen LogP contribution in [0.15, 0.2) is 65.3 Å². The van der Waals surface area contributed by atoms with Crippen molar-refractivity contribution >= 4 is 27.5 Å². The van der Waals surface area contributed by atoms with Crippen LogP contribution < -0.4 is 5.32 Å². The topological polar surface area (TPSA) is 46.9 Å². The second-order valence-corrected chi connectivity index (χ2v) is 5.51. The zero-order valence-corrected chi connectivity index (χ0v) is 12.9. The fraction of sp³-hybridized carbons (Fsp3) is 0. The van der Waals surface area contributed by atoms with E-state index in [0.29, 0.717) is 11.4 Å². The normalized spacial score (nSPS) is 10.5. The summed E-state index contributed by atoms with van der Waals surface area (Å²) in [6, 6.07) is 14.9. The van der Waals surface area contributed by atoms with Crippen molar-refractivity contribution in [2.24, 2.45) is 0 Å². The van der Waals surface area contributed by atoms with E-state index in [2.05, 4.69) is 26.3 Å². The van der Waals surface area contributed by atoms with Crippen LogP contribution in [0.4, 0.5) is 10.1 Å². The third-order valence-electron chi connectivity index (χ3n) is 2.98. The lowest BCUT2D eigenvalue weighted by Crippen LogP contribution is -2.13. The van der Waals surface area contributed by atoms with E-state index >= 15 is 0 Å². The minimum atomic E-state index is -0.354. The Morgan fingerprint density at radius 3 is 2.73 bits per heavy atom. The van der Waals surface area contributed by atoms with Crippen molar-refractivity contribution in [2.45, 2.75) is 0 Å². The Kier molecular flexibility index (Phi) is 4.02. The molecule has 1 N–H and O–H groups in total. The second-order valence-electron chi connectivity index (χ2n) is 4.59. The lowest BCUT2D eigenvalue weighted by atomic mass is 10.3. The molecule has 0 aliphatic carbocycles. The third kappa shape index (κ3) is 3.23. The van der Waals surface area contributed by atoms with Gasteiger partial charge in [-0.25, -0.2) is 9.07 Å². The highest BCUT2D eigenvalue weighted by molar-refractivity contribution is 9.10. The van der Waals surface area contributed by atoms with Crippen LogP contribution in [-0.2, 0) is 0 Å². The van der Waals surface area contributed by atoms with Crippen molar-refractivity contribution in [3.63, 3.8) is 0 Å². The van der Waals surface area contributed by atoms with Gasteiger partial charge in [-0.1, -0.05) is 28.1 Å². The number of anilines is 1. The lowest BCUT2D eigenvalue weighted by Gasteiger charge is -2.04. The zero-order chi connectivity index (χ0) is 15.5. The predicted octanol–water partition coefficient (Wildman–Crippen LogP) is 4.03. The van der Waals surface area contributed by atoms with Crippen LogP contribution >= 0.6 is 15.9 Å². The van der Waals surface area contributed by atoms with Gasteiger partial charge in [0.05, 0.1) is 5.69 Å². The Hall–Kier alpha value is -2.47. The van der Waals surface area contributed by atoms with E-state index in [4.69, 9.17) is 0 Å². The number of carbonyl (C=O) groups excluding carboxylic acids is 1. The summed E-state index contributed by atoms with van der Waals surface area (Å²) in [7, 11) is 0. The molecule has 0 bridgehead atoms. The Morgan fingerprint density at radius 2 is 1.95 bits per heavy atom. The fourth-order valence-electron chi connectivity index (χ4n) is 1.97. The Balaban J connectivity index is 1.80. The first-order chi connectivity index (χ1) is 10.6. The summed E-state index contributed by atoms with van der Waals surface area (Å²) >= 11 is 3.34. The van der Waals surface area contributed by atoms with Crippen molar-refractivity contribution in [1.29, 1.82) is 0 Å². The SMILES string of the molecule is O=C(Nc1cccc(Br)c1)c1ccn(-c2cccc(F)c2)n1. The maximum Gasteiger partial charge on any atom is 0.276 e. The number of rotatable bonds is 3. The van der Waals surface area contributed by atoms with Crippen molar-refractivity contribution in [3.05, 3.63) is 76.8 Å². The molecule has 0 aliphatic rings. The molecular formula is C16H11BrFN3O. The zero-order valence-electron chi connectivity index (χ0n) is 11.3. The molecule has 0 spiro atoms. The van der Waals surface area contributed by atoms with E-state index in [9.17, 15) is 9.18 Å². The van der Waals surface area contributed by atoms with E-state index in [0.717, 1.165) is 4.47 Å². The minimum absolute atomic E-state index is 0.254. The number of nitrogens with one attached hydrogen (secondary N) is 1. The summed E-state index contributed by atoms with van der Waals surface area (Å²) in [5.74, 6) is -0.679. The van der Waals surface area contributed by atoms with Gasteiger partial charge in [0.15, 0.2) is 5.69 Å². The van der Waals surface area contributed by atoms with Gasteiger partial charge in [-0.3, -0.25) is 4.79 Å². The molecule has 110 valence electrons. The van der Waals surface area contributed by atoms with Gasteiger partial charge in [0.1, 0.15) is 5.82 Å². The Bertz CT molecular complexity index is 832. The molecule has 3 rings (SSSR count). The van der Waals surface area contributed by atoms with E-state index in [-0.39, 0.29) is 17.4 Å². The molecule has 0 fully saturated rings. The molecule has 4 nitrogen and oxygen atoms in total. The molecule has 22 heavy (non-hydrogen) atoms. The van der Waals surface area contributed by atoms with E-state index in [1.54, 1.807) is 36.5 Å². The summed E-state index contributed by atoms with van der Waals surface area (Å²) in [6.07, 6.45) is 1.62. The average molecular weight is 360 g/mol. The standard InChI is InChI=1S/C16H11BrFN3O/c17-11-3-1-5-13(9-11)19-16(22)15-7-8-21(20-15)14-6-2-4-12(18)10-14/h1-10H,(H,19,22). The van der Waals surface area contributed by atoms with Crippen molar-refractivity contribution in [3.8, 4) is 5.69 Å². The maximum absolute atomic E-state index is 13.2. The fourth-order valence-corrected chi connectivity index (χ4v) is 2.37. The van der Waals surface area contributed by atoms with Gasteiger partial charge in [0, 0.05) is 16.4 Å². The molecule has 0 saturated carbocycles. The molecule has 0 atom stereocenters. The highest BCUT2D eigenvalue weighted by atomic mass is 79.9. The van der Waals surface area contributed by atoms with Crippen molar-refractivity contribution < 1.29 is 9.18 Å². The molecule has 1 heterocycles.